The Hall–Kier alpha value is -2.15. The molecule has 0 aromatic carbocycles. The van der Waals surface area contributed by atoms with Gasteiger partial charge in [0.2, 0.25) is 0 Å². The number of ether oxygens (including phenoxy) is 2. The zero-order valence-electron chi connectivity index (χ0n) is 14.8. The fourth-order valence-electron chi connectivity index (χ4n) is 2.75. The Morgan fingerprint density at radius 3 is 2.76 bits per heavy atom. The van der Waals surface area contributed by atoms with Crippen molar-refractivity contribution in [3.05, 3.63) is 23.9 Å². The summed E-state index contributed by atoms with van der Waals surface area (Å²) in [5.41, 5.74) is 0.607. The molecule has 1 aromatic heterocycles. The number of morpholine rings is 1. The lowest BCUT2D eigenvalue weighted by atomic mass is 10.1. The van der Waals surface area contributed by atoms with Crippen molar-refractivity contribution in [3.8, 4) is 0 Å². The zero-order valence-corrected chi connectivity index (χ0v) is 14.8. The highest BCUT2D eigenvalue weighted by Gasteiger charge is 2.19. The third kappa shape index (κ3) is 6.34. The van der Waals surface area contributed by atoms with Crippen molar-refractivity contribution in [3.63, 3.8) is 0 Å². The third-order valence-electron chi connectivity index (χ3n) is 4.16. The molecule has 0 aliphatic carbocycles. The molecule has 1 saturated heterocycles. The zero-order chi connectivity index (χ0) is 17.9. The lowest BCUT2D eigenvalue weighted by Crippen LogP contribution is -2.38. The van der Waals surface area contributed by atoms with Gasteiger partial charge in [-0.2, -0.15) is 0 Å². The number of nitrogens with one attached hydrogen (secondary N) is 1. The maximum absolute atomic E-state index is 12.5. The number of pyridine rings is 1. The quantitative estimate of drug-likeness (QED) is 0.541. The molecule has 2 heterocycles. The Balaban J connectivity index is 1.73. The van der Waals surface area contributed by atoms with E-state index in [-0.39, 0.29) is 11.9 Å². The van der Waals surface area contributed by atoms with E-state index in [1.807, 2.05) is 6.07 Å². The van der Waals surface area contributed by atoms with Crippen LogP contribution in [0.25, 0.3) is 0 Å². The number of esters is 1. The van der Waals surface area contributed by atoms with Crippen LogP contribution in [0.5, 0.6) is 0 Å². The Bertz CT molecular complexity index is 559. The van der Waals surface area contributed by atoms with Gasteiger partial charge in [0, 0.05) is 32.3 Å². The second kappa shape index (κ2) is 10.7. The van der Waals surface area contributed by atoms with Crippen LogP contribution in [0.3, 0.4) is 0 Å². The number of aromatic nitrogens is 1. The van der Waals surface area contributed by atoms with Crippen molar-refractivity contribution in [2.45, 2.75) is 32.1 Å². The van der Waals surface area contributed by atoms with Gasteiger partial charge in [0.05, 0.1) is 25.9 Å². The minimum atomic E-state index is -0.166. The number of unbranched alkanes of at least 4 members (excludes halogenated alkanes) is 3. The van der Waals surface area contributed by atoms with E-state index in [1.54, 1.807) is 12.3 Å². The van der Waals surface area contributed by atoms with Crippen molar-refractivity contribution in [2.24, 2.45) is 0 Å². The Kier molecular flexibility index (Phi) is 8.18. The van der Waals surface area contributed by atoms with Crippen molar-refractivity contribution in [1.29, 1.82) is 0 Å². The van der Waals surface area contributed by atoms with Crippen LogP contribution >= 0.6 is 0 Å². The fraction of sp³-hybridized carbons (Fsp3) is 0.611. The third-order valence-corrected chi connectivity index (χ3v) is 4.16. The number of methoxy groups -OCH3 is 1. The van der Waals surface area contributed by atoms with Gasteiger partial charge in [-0.3, -0.25) is 9.59 Å². The van der Waals surface area contributed by atoms with Gasteiger partial charge in [-0.15, -0.1) is 0 Å². The summed E-state index contributed by atoms with van der Waals surface area (Å²) >= 11 is 0. The number of amides is 1. The number of carbonyl (C=O) groups excluding carboxylic acids is 2. The van der Waals surface area contributed by atoms with E-state index in [2.05, 4.69) is 19.9 Å². The van der Waals surface area contributed by atoms with Gasteiger partial charge in [0.15, 0.2) is 0 Å². The molecular weight excluding hydrogens is 322 g/mol. The average molecular weight is 349 g/mol. The monoisotopic (exact) mass is 349 g/mol. The van der Waals surface area contributed by atoms with Crippen molar-refractivity contribution in [2.75, 3.05) is 44.9 Å². The molecule has 1 aliphatic heterocycles. The predicted molar refractivity (Wildman–Crippen MR) is 94.7 cm³/mol. The van der Waals surface area contributed by atoms with Gasteiger partial charge < -0.3 is 19.7 Å². The van der Waals surface area contributed by atoms with E-state index in [0.29, 0.717) is 31.7 Å². The van der Waals surface area contributed by atoms with E-state index in [4.69, 9.17) is 4.74 Å². The molecule has 2 rings (SSSR count). The molecule has 0 radical (unpaired) electrons. The minimum Gasteiger partial charge on any atom is -0.469 e. The first-order chi connectivity index (χ1) is 12.2. The van der Waals surface area contributed by atoms with E-state index in [0.717, 1.165) is 44.6 Å². The summed E-state index contributed by atoms with van der Waals surface area (Å²) in [5.74, 6) is 0.464. The van der Waals surface area contributed by atoms with E-state index < -0.39 is 0 Å². The molecule has 0 atom stereocenters. The molecule has 7 heteroatoms. The van der Waals surface area contributed by atoms with Crippen LogP contribution in [0.1, 0.15) is 42.5 Å². The summed E-state index contributed by atoms with van der Waals surface area (Å²) in [4.78, 5) is 29.9. The molecule has 0 spiro atoms. The van der Waals surface area contributed by atoms with Crippen LogP contribution in [-0.2, 0) is 14.3 Å². The first kappa shape index (κ1) is 19.2. The summed E-state index contributed by atoms with van der Waals surface area (Å²) in [6.07, 6.45) is 5.81. The summed E-state index contributed by atoms with van der Waals surface area (Å²) in [5, 5.41) is 2.96. The van der Waals surface area contributed by atoms with Gasteiger partial charge in [-0.05, 0) is 25.0 Å². The van der Waals surface area contributed by atoms with Crippen LogP contribution in [-0.4, -0.2) is 56.8 Å². The van der Waals surface area contributed by atoms with Crippen LogP contribution in [0.4, 0.5) is 5.82 Å². The Morgan fingerprint density at radius 2 is 2.00 bits per heavy atom. The number of nitrogens with zero attached hydrogens (tertiary/aromatic N) is 2. The fourth-order valence-corrected chi connectivity index (χ4v) is 2.75. The first-order valence-corrected chi connectivity index (χ1v) is 8.85. The summed E-state index contributed by atoms with van der Waals surface area (Å²) in [6.45, 7) is 3.43. The highest BCUT2D eigenvalue weighted by atomic mass is 16.5. The minimum absolute atomic E-state index is 0.0934. The summed E-state index contributed by atoms with van der Waals surface area (Å²) < 4.78 is 9.96. The highest BCUT2D eigenvalue weighted by molar-refractivity contribution is 5.98. The van der Waals surface area contributed by atoms with Gasteiger partial charge in [0.25, 0.3) is 5.91 Å². The van der Waals surface area contributed by atoms with Crippen molar-refractivity contribution < 1.29 is 19.1 Å². The van der Waals surface area contributed by atoms with Gasteiger partial charge in [0.1, 0.15) is 5.82 Å². The predicted octanol–water partition coefficient (Wildman–Crippen LogP) is 1.77. The lowest BCUT2D eigenvalue weighted by molar-refractivity contribution is -0.140. The van der Waals surface area contributed by atoms with E-state index in [9.17, 15) is 9.59 Å². The number of anilines is 1. The van der Waals surface area contributed by atoms with Crippen LogP contribution in [0.2, 0.25) is 0 Å². The normalized spacial score (nSPS) is 14.2. The topological polar surface area (TPSA) is 80.8 Å². The summed E-state index contributed by atoms with van der Waals surface area (Å²) in [6, 6.07) is 3.59. The molecule has 0 unspecified atom stereocenters. The van der Waals surface area contributed by atoms with Gasteiger partial charge in [-0.1, -0.05) is 12.8 Å². The maximum Gasteiger partial charge on any atom is 0.305 e. The number of hydrogen-bond acceptors (Lipinski definition) is 6. The highest BCUT2D eigenvalue weighted by Crippen LogP contribution is 2.18. The lowest BCUT2D eigenvalue weighted by Gasteiger charge is -2.29. The number of rotatable bonds is 9. The maximum atomic E-state index is 12.5. The van der Waals surface area contributed by atoms with E-state index >= 15 is 0 Å². The molecule has 7 nitrogen and oxygen atoms in total. The second-order valence-electron chi connectivity index (χ2n) is 5.97. The average Bonchev–Trinajstić information content (AvgIpc) is 2.67. The molecule has 1 amide bonds. The summed E-state index contributed by atoms with van der Waals surface area (Å²) in [7, 11) is 1.40. The number of hydrogen-bond donors (Lipinski definition) is 1. The molecule has 0 bridgehead atoms. The standard InChI is InChI=1S/C18H27N3O4/c1-24-16(22)8-4-2-3-5-9-20-18(23)15-7-6-10-19-17(15)21-11-13-25-14-12-21/h6-7,10H,2-5,8-9,11-14H2,1H3,(H,20,23). The Labute approximate surface area is 148 Å². The number of carbonyl (C=O) groups is 2. The first-order valence-electron chi connectivity index (χ1n) is 8.85. The smallest absolute Gasteiger partial charge is 0.305 e. The molecule has 1 aliphatic rings. The van der Waals surface area contributed by atoms with Crippen molar-refractivity contribution >= 4 is 17.7 Å². The largest absolute Gasteiger partial charge is 0.469 e. The molecular formula is C18H27N3O4. The van der Waals surface area contributed by atoms with E-state index in [1.165, 1.54) is 7.11 Å². The molecule has 1 aromatic rings. The van der Waals surface area contributed by atoms with Gasteiger partial charge in [-0.25, -0.2) is 4.98 Å². The molecule has 1 N–H and O–H groups in total. The SMILES string of the molecule is COC(=O)CCCCCCNC(=O)c1cccnc1N1CCOCC1. The van der Waals surface area contributed by atoms with Crippen LogP contribution in [0.15, 0.2) is 18.3 Å². The second-order valence-corrected chi connectivity index (χ2v) is 5.97. The Morgan fingerprint density at radius 1 is 1.24 bits per heavy atom. The molecule has 25 heavy (non-hydrogen) atoms. The molecule has 0 saturated carbocycles. The van der Waals surface area contributed by atoms with Crippen LogP contribution in [0, 0.1) is 0 Å². The van der Waals surface area contributed by atoms with Crippen LogP contribution < -0.4 is 10.2 Å². The molecule has 138 valence electrons. The van der Waals surface area contributed by atoms with Crippen molar-refractivity contribution in [1.82, 2.24) is 10.3 Å². The molecule has 1 fully saturated rings. The van der Waals surface area contributed by atoms with Gasteiger partial charge >= 0.3 is 5.97 Å².